The van der Waals surface area contributed by atoms with Crippen molar-refractivity contribution in [2.45, 2.75) is 20.3 Å². The van der Waals surface area contributed by atoms with Crippen LogP contribution in [0.4, 0.5) is 5.69 Å². The van der Waals surface area contributed by atoms with Gasteiger partial charge in [-0.05, 0) is 37.1 Å². The van der Waals surface area contributed by atoms with E-state index in [9.17, 15) is 4.79 Å². The van der Waals surface area contributed by atoms with Gasteiger partial charge in [-0.2, -0.15) is 5.26 Å². The van der Waals surface area contributed by atoms with Crippen molar-refractivity contribution >= 4 is 11.6 Å². The van der Waals surface area contributed by atoms with Gasteiger partial charge in [0, 0.05) is 12.2 Å². The van der Waals surface area contributed by atoms with Crippen molar-refractivity contribution in [1.82, 2.24) is 5.32 Å². The lowest BCUT2D eigenvalue weighted by atomic mass is 10.1. The summed E-state index contributed by atoms with van der Waals surface area (Å²) in [4.78, 5) is 11.4. The van der Waals surface area contributed by atoms with E-state index in [0.29, 0.717) is 24.4 Å². The van der Waals surface area contributed by atoms with Crippen molar-refractivity contribution in [3.63, 3.8) is 0 Å². The molecule has 0 heterocycles. The summed E-state index contributed by atoms with van der Waals surface area (Å²) >= 11 is 0. The smallest absolute Gasteiger partial charge is 0.257 e. The maximum atomic E-state index is 11.4. The summed E-state index contributed by atoms with van der Waals surface area (Å²) < 4.78 is 5.41. The molecule has 0 fully saturated rings. The Morgan fingerprint density at radius 2 is 2.17 bits per heavy atom. The first-order valence-corrected chi connectivity index (χ1v) is 5.67. The van der Waals surface area contributed by atoms with Crippen molar-refractivity contribution in [2.24, 2.45) is 0 Å². The number of ether oxygens (including phenoxy) is 1. The zero-order valence-corrected chi connectivity index (χ0v) is 10.6. The van der Waals surface area contributed by atoms with Gasteiger partial charge in [0.2, 0.25) is 0 Å². The molecule has 0 radical (unpaired) electrons. The van der Waals surface area contributed by atoms with E-state index in [-0.39, 0.29) is 12.5 Å². The molecule has 0 atom stereocenters. The quantitative estimate of drug-likeness (QED) is 0.606. The van der Waals surface area contributed by atoms with Crippen LogP contribution >= 0.6 is 0 Å². The summed E-state index contributed by atoms with van der Waals surface area (Å²) in [6.07, 6.45) is 0.297. The number of hydrogen-bond donors (Lipinski definition) is 2. The average molecular weight is 247 g/mol. The number of nitrogen functional groups attached to an aromatic ring is 1. The number of nitrogens with one attached hydrogen (secondary N) is 1. The second-order valence-corrected chi connectivity index (χ2v) is 4.02. The molecule has 96 valence electrons. The van der Waals surface area contributed by atoms with Gasteiger partial charge >= 0.3 is 0 Å². The Balaban J connectivity index is 2.51. The van der Waals surface area contributed by atoms with Crippen molar-refractivity contribution in [1.29, 1.82) is 5.26 Å². The van der Waals surface area contributed by atoms with Crippen molar-refractivity contribution < 1.29 is 9.53 Å². The highest BCUT2D eigenvalue weighted by Gasteiger charge is 2.06. The van der Waals surface area contributed by atoms with E-state index in [1.54, 1.807) is 0 Å². The Morgan fingerprint density at radius 3 is 2.83 bits per heavy atom. The van der Waals surface area contributed by atoms with Crippen LogP contribution in [0, 0.1) is 25.2 Å². The van der Waals surface area contributed by atoms with E-state index in [1.807, 2.05) is 32.0 Å². The van der Waals surface area contributed by atoms with E-state index in [2.05, 4.69) is 5.32 Å². The third-order valence-electron chi connectivity index (χ3n) is 2.48. The SMILES string of the molecule is Cc1cc(OCC(=O)NCCC#N)c(C)cc1N. The summed E-state index contributed by atoms with van der Waals surface area (Å²) in [6, 6.07) is 5.58. The molecule has 0 spiro atoms. The monoisotopic (exact) mass is 247 g/mol. The average Bonchev–Trinajstić information content (AvgIpc) is 2.32. The molecule has 1 aromatic rings. The summed E-state index contributed by atoms with van der Waals surface area (Å²) in [7, 11) is 0. The molecule has 1 amide bonds. The topological polar surface area (TPSA) is 88.1 Å². The number of rotatable bonds is 5. The van der Waals surface area contributed by atoms with E-state index >= 15 is 0 Å². The second-order valence-electron chi connectivity index (χ2n) is 4.02. The van der Waals surface area contributed by atoms with Gasteiger partial charge in [0.1, 0.15) is 5.75 Å². The van der Waals surface area contributed by atoms with Crippen LogP contribution in [-0.4, -0.2) is 19.1 Å². The zero-order valence-electron chi connectivity index (χ0n) is 10.6. The molecule has 5 heteroatoms. The van der Waals surface area contributed by atoms with Crippen molar-refractivity contribution in [3.05, 3.63) is 23.3 Å². The highest BCUT2D eigenvalue weighted by Crippen LogP contribution is 2.23. The van der Waals surface area contributed by atoms with Crippen LogP contribution in [0.3, 0.4) is 0 Å². The fourth-order valence-corrected chi connectivity index (χ4v) is 1.42. The van der Waals surface area contributed by atoms with Crippen LogP contribution in [0.2, 0.25) is 0 Å². The fraction of sp³-hybridized carbons (Fsp3) is 0.385. The molecule has 0 saturated heterocycles. The number of amides is 1. The summed E-state index contributed by atoms with van der Waals surface area (Å²) in [6.45, 7) is 4.04. The van der Waals surface area contributed by atoms with Crippen molar-refractivity contribution in [3.8, 4) is 11.8 Å². The number of nitrogens with two attached hydrogens (primary N) is 1. The third kappa shape index (κ3) is 3.98. The maximum absolute atomic E-state index is 11.4. The normalized spacial score (nSPS) is 9.61. The van der Waals surface area contributed by atoms with Crippen LogP contribution in [0.25, 0.3) is 0 Å². The molecular weight excluding hydrogens is 230 g/mol. The van der Waals surface area contributed by atoms with E-state index < -0.39 is 0 Å². The first kappa shape index (κ1) is 13.8. The Bertz CT molecular complexity index is 478. The van der Waals surface area contributed by atoms with Gasteiger partial charge in [-0.1, -0.05) is 0 Å². The number of hydrogen-bond acceptors (Lipinski definition) is 4. The molecule has 0 aromatic heterocycles. The van der Waals surface area contributed by atoms with Crippen LogP contribution in [-0.2, 0) is 4.79 Å². The number of nitriles is 1. The number of carbonyl (C=O) groups is 1. The van der Waals surface area contributed by atoms with Gasteiger partial charge in [0.25, 0.3) is 5.91 Å². The largest absolute Gasteiger partial charge is 0.483 e. The lowest BCUT2D eigenvalue weighted by Gasteiger charge is -2.11. The fourth-order valence-electron chi connectivity index (χ4n) is 1.42. The number of benzene rings is 1. The molecule has 1 rings (SSSR count). The third-order valence-corrected chi connectivity index (χ3v) is 2.48. The predicted molar refractivity (Wildman–Crippen MR) is 69.1 cm³/mol. The van der Waals surface area contributed by atoms with Crippen molar-refractivity contribution in [2.75, 3.05) is 18.9 Å². The first-order valence-electron chi connectivity index (χ1n) is 5.67. The number of nitrogens with zero attached hydrogens (tertiary/aromatic N) is 1. The minimum Gasteiger partial charge on any atom is -0.483 e. The van der Waals surface area contributed by atoms with E-state index in [4.69, 9.17) is 15.7 Å². The van der Waals surface area contributed by atoms with Crippen LogP contribution < -0.4 is 15.8 Å². The van der Waals surface area contributed by atoms with Gasteiger partial charge in [-0.25, -0.2) is 0 Å². The molecule has 5 nitrogen and oxygen atoms in total. The molecule has 0 aliphatic heterocycles. The lowest BCUT2D eigenvalue weighted by molar-refractivity contribution is -0.123. The minimum absolute atomic E-state index is 0.0599. The molecule has 0 aliphatic carbocycles. The summed E-state index contributed by atoms with van der Waals surface area (Å²) in [5.41, 5.74) is 8.28. The van der Waals surface area contributed by atoms with Gasteiger partial charge in [0.15, 0.2) is 6.61 Å². The Kier molecular flexibility index (Phi) is 5.00. The molecule has 0 unspecified atom stereocenters. The highest BCUT2D eigenvalue weighted by atomic mass is 16.5. The molecular formula is C13H17N3O2. The summed E-state index contributed by atoms with van der Waals surface area (Å²) in [5, 5.41) is 10.9. The molecule has 3 N–H and O–H groups in total. The standard InChI is InChI=1S/C13H17N3O2/c1-9-7-12(10(2)6-11(9)15)18-8-13(17)16-5-3-4-14/h6-7H,3,5,8,15H2,1-2H3,(H,16,17). The molecule has 0 bridgehead atoms. The minimum atomic E-state index is -0.237. The Labute approximate surface area is 107 Å². The maximum Gasteiger partial charge on any atom is 0.257 e. The van der Waals surface area contributed by atoms with Gasteiger partial charge in [-0.15, -0.1) is 0 Å². The predicted octanol–water partition coefficient (Wildman–Crippen LogP) is 1.29. The highest BCUT2D eigenvalue weighted by molar-refractivity contribution is 5.77. The molecule has 1 aromatic carbocycles. The molecule has 0 saturated carbocycles. The van der Waals surface area contributed by atoms with Crippen LogP contribution in [0.5, 0.6) is 5.75 Å². The second kappa shape index (κ2) is 6.50. The Hall–Kier alpha value is -2.22. The first-order chi connectivity index (χ1) is 8.54. The van der Waals surface area contributed by atoms with E-state index in [0.717, 1.165) is 11.1 Å². The number of aryl methyl sites for hydroxylation is 2. The van der Waals surface area contributed by atoms with Gasteiger partial charge in [-0.3, -0.25) is 4.79 Å². The molecule has 18 heavy (non-hydrogen) atoms. The lowest BCUT2D eigenvalue weighted by Crippen LogP contribution is -2.29. The van der Waals surface area contributed by atoms with Crippen LogP contribution in [0.1, 0.15) is 17.5 Å². The zero-order chi connectivity index (χ0) is 13.5. The van der Waals surface area contributed by atoms with Gasteiger partial charge < -0.3 is 15.8 Å². The van der Waals surface area contributed by atoms with Gasteiger partial charge in [0.05, 0.1) is 12.5 Å². The summed E-state index contributed by atoms with van der Waals surface area (Å²) in [5.74, 6) is 0.413. The molecule has 0 aliphatic rings. The van der Waals surface area contributed by atoms with Crippen LogP contribution in [0.15, 0.2) is 12.1 Å². The van der Waals surface area contributed by atoms with E-state index in [1.165, 1.54) is 0 Å². The Morgan fingerprint density at radius 1 is 1.44 bits per heavy atom. The number of anilines is 1. The number of carbonyl (C=O) groups excluding carboxylic acids is 1.